The lowest BCUT2D eigenvalue weighted by Crippen LogP contribution is -2.12. The van der Waals surface area contributed by atoms with Crippen molar-refractivity contribution in [3.63, 3.8) is 0 Å². The smallest absolute Gasteiger partial charge is 0.282 e. The molecule has 0 amide bonds. The molecule has 1 atom stereocenters. The van der Waals surface area contributed by atoms with E-state index in [4.69, 9.17) is 4.42 Å². The lowest BCUT2D eigenvalue weighted by molar-refractivity contribution is 0.429. The highest BCUT2D eigenvalue weighted by Crippen LogP contribution is 2.25. The fourth-order valence-electron chi connectivity index (χ4n) is 1.28. The van der Waals surface area contributed by atoms with E-state index in [2.05, 4.69) is 27.4 Å². The number of nitrogens with zero attached hydrogens (tertiary/aromatic N) is 3. The minimum atomic E-state index is 0.298. The first-order valence-corrected chi connectivity index (χ1v) is 6.12. The van der Waals surface area contributed by atoms with Gasteiger partial charge < -0.3 is 9.73 Å². The lowest BCUT2D eigenvalue weighted by Gasteiger charge is -2.09. The van der Waals surface area contributed by atoms with Crippen LogP contribution in [-0.4, -0.2) is 22.2 Å². The van der Waals surface area contributed by atoms with Gasteiger partial charge >= 0.3 is 0 Å². The summed E-state index contributed by atoms with van der Waals surface area (Å²) in [7, 11) is 1.93. The Balaban J connectivity index is 2.08. The van der Waals surface area contributed by atoms with E-state index in [0.29, 0.717) is 17.2 Å². The van der Waals surface area contributed by atoms with Crippen LogP contribution < -0.4 is 5.32 Å². The maximum atomic E-state index is 5.27. The molecule has 2 aromatic heterocycles. The maximum Gasteiger partial charge on any atom is 0.282 e. The number of nitrogens with one attached hydrogen (secondary N) is 1. The first-order chi connectivity index (χ1) is 8.19. The average molecular weight is 250 g/mol. The molecule has 0 aliphatic carbocycles. The van der Waals surface area contributed by atoms with Gasteiger partial charge in [0.1, 0.15) is 5.03 Å². The second kappa shape index (κ2) is 5.29. The second-order valence-electron chi connectivity index (χ2n) is 3.63. The van der Waals surface area contributed by atoms with E-state index in [1.54, 1.807) is 6.92 Å². The van der Waals surface area contributed by atoms with Gasteiger partial charge in [0.2, 0.25) is 5.89 Å². The predicted octanol–water partition coefficient (Wildman–Crippen LogP) is 2.20. The van der Waals surface area contributed by atoms with Crippen molar-refractivity contribution < 1.29 is 4.42 Å². The average Bonchev–Trinajstić information content (AvgIpc) is 2.75. The van der Waals surface area contributed by atoms with Gasteiger partial charge in [0, 0.05) is 19.2 Å². The van der Waals surface area contributed by atoms with Gasteiger partial charge in [0.25, 0.3) is 5.22 Å². The van der Waals surface area contributed by atoms with E-state index in [-0.39, 0.29) is 0 Å². The first kappa shape index (κ1) is 12.1. The zero-order valence-corrected chi connectivity index (χ0v) is 10.8. The largest absolute Gasteiger partial charge is 0.416 e. The van der Waals surface area contributed by atoms with Crippen molar-refractivity contribution in [2.24, 2.45) is 0 Å². The molecule has 0 saturated carbocycles. The first-order valence-electron chi connectivity index (χ1n) is 5.30. The third kappa shape index (κ3) is 3.04. The van der Waals surface area contributed by atoms with Gasteiger partial charge in [-0.2, -0.15) is 0 Å². The van der Waals surface area contributed by atoms with Crippen LogP contribution in [0.15, 0.2) is 33.0 Å². The van der Waals surface area contributed by atoms with E-state index >= 15 is 0 Å². The Hall–Kier alpha value is -1.40. The van der Waals surface area contributed by atoms with Crippen LogP contribution in [-0.2, 0) is 0 Å². The molecule has 0 spiro atoms. The van der Waals surface area contributed by atoms with Crippen LogP contribution in [0.2, 0.25) is 0 Å². The fraction of sp³-hybridized carbons (Fsp3) is 0.364. The minimum absolute atomic E-state index is 0.298. The molecular weight excluding hydrogens is 236 g/mol. The molecule has 2 rings (SSSR count). The Morgan fingerprint density at radius 3 is 2.71 bits per heavy atom. The number of aromatic nitrogens is 3. The van der Waals surface area contributed by atoms with Gasteiger partial charge in [-0.3, -0.25) is 0 Å². The van der Waals surface area contributed by atoms with Gasteiger partial charge in [0.05, 0.1) is 0 Å². The summed E-state index contributed by atoms with van der Waals surface area (Å²) in [5, 5.41) is 12.2. The molecule has 0 aliphatic heterocycles. The molecule has 90 valence electrons. The van der Waals surface area contributed by atoms with Crippen molar-refractivity contribution in [3.05, 3.63) is 29.8 Å². The topological polar surface area (TPSA) is 63.8 Å². The van der Waals surface area contributed by atoms with Crippen LogP contribution in [0, 0.1) is 6.92 Å². The molecule has 2 aromatic rings. The Morgan fingerprint density at radius 1 is 1.35 bits per heavy atom. The molecule has 5 nitrogen and oxygen atoms in total. The molecular formula is C11H14N4OS. The molecule has 0 aromatic carbocycles. The van der Waals surface area contributed by atoms with Crippen LogP contribution in [0.5, 0.6) is 0 Å². The SMILES string of the molecule is CNC(C)c1ccc(Sc2nnc(C)o2)nc1. The highest BCUT2D eigenvalue weighted by Gasteiger charge is 2.07. The zero-order valence-electron chi connectivity index (χ0n) is 9.97. The van der Waals surface area contributed by atoms with E-state index in [0.717, 1.165) is 10.6 Å². The van der Waals surface area contributed by atoms with Crippen molar-refractivity contribution in [2.45, 2.75) is 30.1 Å². The third-order valence-corrected chi connectivity index (χ3v) is 3.18. The van der Waals surface area contributed by atoms with Crippen LogP contribution in [0.25, 0.3) is 0 Å². The van der Waals surface area contributed by atoms with Gasteiger partial charge in [-0.15, -0.1) is 10.2 Å². The van der Waals surface area contributed by atoms with Crippen LogP contribution >= 0.6 is 11.8 Å². The van der Waals surface area contributed by atoms with Gasteiger partial charge in [-0.25, -0.2) is 4.98 Å². The summed E-state index contributed by atoms with van der Waals surface area (Å²) < 4.78 is 5.27. The highest BCUT2D eigenvalue weighted by atomic mass is 32.2. The Bertz CT molecular complexity index is 482. The van der Waals surface area contributed by atoms with Gasteiger partial charge in [-0.1, -0.05) is 6.07 Å². The van der Waals surface area contributed by atoms with Crippen molar-refractivity contribution in [3.8, 4) is 0 Å². The zero-order chi connectivity index (χ0) is 12.3. The van der Waals surface area contributed by atoms with Gasteiger partial charge in [0.15, 0.2) is 0 Å². The van der Waals surface area contributed by atoms with Crippen LogP contribution in [0.4, 0.5) is 0 Å². The number of hydrogen-bond acceptors (Lipinski definition) is 6. The monoisotopic (exact) mass is 250 g/mol. The summed E-state index contributed by atoms with van der Waals surface area (Å²) in [4.78, 5) is 4.35. The molecule has 0 saturated heterocycles. The van der Waals surface area contributed by atoms with Crippen molar-refractivity contribution in [2.75, 3.05) is 7.05 Å². The van der Waals surface area contributed by atoms with E-state index in [9.17, 15) is 0 Å². The summed E-state index contributed by atoms with van der Waals surface area (Å²) in [6.07, 6.45) is 1.85. The summed E-state index contributed by atoms with van der Waals surface area (Å²) in [6.45, 7) is 3.85. The molecule has 0 fully saturated rings. The summed E-state index contributed by atoms with van der Waals surface area (Å²) >= 11 is 1.36. The molecule has 17 heavy (non-hydrogen) atoms. The number of aryl methyl sites for hydroxylation is 1. The molecule has 1 N–H and O–H groups in total. The quantitative estimate of drug-likeness (QED) is 0.897. The normalized spacial score (nSPS) is 12.6. The standard InChI is InChI=1S/C11H14N4OS/c1-7(12-3)9-4-5-10(13-6-9)17-11-15-14-8(2)16-11/h4-7,12H,1-3H3. The lowest BCUT2D eigenvalue weighted by atomic mass is 10.1. The van der Waals surface area contributed by atoms with E-state index in [1.807, 2.05) is 25.4 Å². The summed E-state index contributed by atoms with van der Waals surface area (Å²) in [5.41, 5.74) is 1.15. The molecule has 0 radical (unpaired) electrons. The second-order valence-corrected chi connectivity index (χ2v) is 4.60. The van der Waals surface area contributed by atoms with Crippen molar-refractivity contribution >= 4 is 11.8 Å². The van der Waals surface area contributed by atoms with Crippen LogP contribution in [0.3, 0.4) is 0 Å². The highest BCUT2D eigenvalue weighted by molar-refractivity contribution is 7.99. The number of rotatable bonds is 4. The maximum absolute atomic E-state index is 5.27. The van der Waals surface area contributed by atoms with Crippen LogP contribution in [0.1, 0.15) is 24.4 Å². The minimum Gasteiger partial charge on any atom is -0.416 e. The number of pyridine rings is 1. The molecule has 6 heteroatoms. The van der Waals surface area contributed by atoms with E-state index < -0.39 is 0 Å². The van der Waals surface area contributed by atoms with Crippen molar-refractivity contribution in [1.82, 2.24) is 20.5 Å². The van der Waals surface area contributed by atoms with Gasteiger partial charge in [-0.05, 0) is 37.4 Å². The summed E-state index contributed by atoms with van der Waals surface area (Å²) in [6, 6.07) is 4.29. The third-order valence-electron chi connectivity index (χ3n) is 2.39. The Morgan fingerprint density at radius 2 is 2.18 bits per heavy atom. The molecule has 0 aliphatic rings. The molecule has 1 unspecified atom stereocenters. The molecule has 2 heterocycles. The predicted molar refractivity (Wildman–Crippen MR) is 64.9 cm³/mol. The molecule has 0 bridgehead atoms. The van der Waals surface area contributed by atoms with Crippen molar-refractivity contribution in [1.29, 1.82) is 0 Å². The Kier molecular flexibility index (Phi) is 3.75. The Labute approximate surface area is 104 Å². The number of hydrogen-bond donors (Lipinski definition) is 1. The fourth-order valence-corrected chi connectivity index (χ4v) is 1.95. The summed E-state index contributed by atoms with van der Waals surface area (Å²) in [5.74, 6) is 0.563. The van der Waals surface area contributed by atoms with E-state index in [1.165, 1.54) is 11.8 Å².